The maximum atomic E-state index is 14.2. The summed E-state index contributed by atoms with van der Waals surface area (Å²) < 4.78 is 51.3. The Morgan fingerprint density at radius 2 is 1.53 bits per heavy atom. The topological polar surface area (TPSA) is 80.2 Å². The van der Waals surface area contributed by atoms with Gasteiger partial charge in [0.25, 0.3) is 5.91 Å². The van der Waals surface area contributed by atoms with Crippen LogP contribution < -0.4 is 10.1 Å². The normalized spacial score (nSPS) is 18.0. The molecule has 6 nitrogen and oxygen atoms in total. The quantitative estimate of drug-likeness (QED) is 0.202. The lowest BCUT2D eigenvalue weighted by molar-refractivity contribution is -0.137. The number of carbonyl (C=O) groups is 1. The number of rotatable bonds is 11. The number of ether oxygens (including phenoxy) is 2. The number of halogens is 3. The highest BCUT2D eigenvalue weighted by Crippen LogP contribution is 2.42. The van der Waals surface area contributed by atoms with Crippen molar-refractivity contribution in [3.63, 3.8) is 0 Å². The Balaban J connectivity index is 1.49. The minimum absolute atomic E-state index is 0.0136. The first-order chi connectivity index (χ1) is 20.8. The first-order valence-corrected chi connectivity index (χ1v) is 13.9. The zero-order chi connectivity index (χ0) is 30.3. The Morgan fingerprint density at radius 1 is 0.884 bits per heavy atom. The highest BCUT2D eigenvalue weighted by atomic mass is 19.4. The van der Waals surface area contributed by atoms with Crippen molar-refractivity contribution < 1.29 is 32.5 Å². The van der Waals surface area contributed by atoms with Gasteiger partial charge in [0, 0.05) is 31.6 Å². The lowest BCUT2D eigenvalue weighted by Gasteiger charge is -2.31. The van der Waals surface area contributed by atoms with Gasteiger partial charge in [-0.3, -0.25) is 4.79 Å². The van der Waals surface area contributed by atoms with E-state index in [0.29, 0.717) is 29.9 Å². The van der Waals surface area contributed by atoms with Crippen LogP contribution in [0.1, 0.15) is 40.3 Å². The molecule has 2 atom stereocenters. The predicted molar refractivity (Wildman–Crippen MR) is 157 cm³/mol. The smallest absolute Gasteiger partial charge is 0.416 e. The van der Waals surface area contributed by atoms with Crippen molar-refractivity contribution >= 4 is 11.8 Å². The molecular weight excluding hydrogens is 557 g/mol. The molecule has 0 fully saturated rings. The second-order valence-electron chi connectivity index (χ2n) is 10.2. The molecule has 0 spiro atoms. The van der Waals surface area contributed by atoms with Crippen LogP contribution in [0.4, 0.5) is 13.2 Å². The Hall–Kier alpha value is -4.63. The zero-order valence-corrected chi connectivity index (χ0v) is 23.3. The summed E-state index contributed by atoms with van der Waals surface area (Å²) in [5.41, 5.74) is 0.629. The number of nitrogens with zero attached hydrogens (tertiary/aromatic N) is 1. The average Bonchev–Trinajstić information content (AvgIpc) is 3.41. The third kappa shape index (κ3) is 7.06. The van der Waals surface area contributed by atoms with Crippen LogP contribution >= 0.6 is 0 Å². The highest BCUT2D eigenvalue weighted by molar-refractivity contribution is 6.01. The van der Waals surface area contributed by atoms with E-state index < -0.39 is 29.3 Å². The first kappa shape index (κ1) is 29.8. The SMILES string of the molecule is O=C(NCc1ccc(C(F)(F)F)cc1)[C@]1(Cc2ccccc2)N=C(c2ccc(OCCCO)cc2)O[C@@H]1c1ccccc1. The van der Waals surface area contributed by atoms with E-state index in [-0.39, 0.29) is 25.5 Å². The second-order valence-corrected chi connectivity index (χ2v) is 10.2. The molecular formula is C34H31F3N2O4. The molecule has 1 aliphatic rings. The van der Waals surface area contributed by atoms with E-state index in [0.717, 1.165) is 23.3 Å². The van der Waals surface area contributed by atoms with E-state index >= 15 is 0 Å². The average molecular weight is 589 g/mol. The Labute approximate surface area is 247 Å². The summed E-state index contributed by atoms with van der Waals surface area (Å²) in [6.07, 6.45) is -4.49. The van der Waals surface area contributed by atoms with Crippen LogP contribution in [0.2, 0.25) is 0 Å². The highest BCUT2D eigenvalue weighted by Gasteiger charge is 2.53. The molecule has 0 saturated heterocycles. The van der Waals surface area contributed by atoms with E-state index in [1.807, 2.05) is 60.7 Å². The molecule has 9 heteroatoms. The zero-order valence-electron chi connectivity index (χ0n) is 23.3. The molecule has 4 aromatic rings. The molecule has 1 heterocycles. The lowest BCUT2D eigenvalue weighted by atomic mass is 9.82. The minimum atomic E-state index is -4.44. The molecule has 1 aliphatic heterocycles. The van der Waals surface area contributed by atoms with Gasteiger partial charge in [0.1, 0.15) is 5.75 Å². The number of nitrogens with one attached hydrogen (secondary N) is 1. The molecule has 0 aliphatic carbocycles. The Bertz CT molecular complexity index is 1530. The third-order valence-electron chi connectivity index (χ3n) is 7.18. The maximum Gasteiger partial charge on any atom is 0.416 e. The van der Waals surface area contributed by atoms with E-state index in [1.54, 1.807) is 24.3 Å². The molecule has 2 N–H and O–H groups in total. The van der Waals surface area contributed by atoms with Gasteiger partial charge in [0.15, 0.2) is 11.6 Å². The summed E-state index contributed by atoms with van der Waals surface area (Å²) in [4.78, 5) is 19.2. The second kappa shape index (κ2) is 13.1. The molecule has 1 amide bonds. The van der Waals surface area contributed by atoms with Gasteiger partial charge in [-0.25, -0.2) is 4.99 Å². The van der Waals surface area contributed by atoms with E-state index in [1.165, 1.54) is 12.1 Å². The molecule has 0 bridgehead atoms. The first-order valence-electron chi connectivity index (χ1n) is 13.9. The number of aliphatic hydroxyl groups is 1. The number of aliphatic imine (C=N–C) groups is 1. The number of hydrogen-bond acceptors (Lipinski definition) is 5. The van der Waals surface area contributed by atoms with E-state index in [4.69, 9.17) is 19.6 Å². The summed E-state index contributed by atoms with van der Waals surface area (Å²) in [5, 5.41) is 11.9. The summed E-state index contributed by atoms with van der Waals surface area (Å²) in [6, 6.07) is 30.7. The maximum absolute atomic E-state index is 14.2. The number of amides is 1. The van der Waals surface area contributed by atoms with Gasteiger partial charge in [-0.05, 0) is 53.1 Å². The standard InChI is InChI=1S/C34H31F3N2O4/c35-34(36,37)28-16-12-25(13-17-28)23-38-32(41)33(22-24-8-3-1-4-9-24)30(26-10-5-2-6-11-26)43-31(39-33)27-14-18-29(19-15-27)42-21-7-20-40/h1-6,8-19,30,40H,7,20-23H2,(H,38,41)/t30-,33-/m1/s1. The van der Waals surface area contributed by atoms with Crippen LogP contribution in [0.5, 0.6) is 5.75 Å². The van der Waals surface area contributed by atoms with Gasteiger partial charge in [-0.1, -0.05) is 72.8 Å². The van der Waals surface area contributed by atoms with Crippen molar-refractivity contribution in [1.82, 2.24) is 5.32 Å². The molecule has 43 heavy (non-hydrogen) atoms. The number of hydrogen-bond donors (Lipinski definition) is 2. The van der Waals surface area contributed by atoms with E-state index in [9.17, 15) is 18.0 Å². The van der Waals surface area contributed by atoms with Gasteiger partial charge in [0.05, 0.1) is 12.2 Å². The summed E-state index contributed by atoms with van der Waals surface area (Å²) in [5.74, 6) is 0.501. The van der Waals surface area contributed by atoms with Crippen LogP contribution in [-0.2, 0) is 28.7 Å². The molecule has 0 aromatic heterocycles. The monoisotopic (exact) mass is 588 g/mol. The molecule has 5 rings (SSSR count). The third-order valence-corrected chi connectivity index (χ3v) is 7.18. The van der Waals surface area contributed by atoms with Gasteiger partial charge in [0.2, 0.25) is 5.90 Å². The van der Waals surface area contributed by atoms with Crippen molar-refractivity contribution in [3.05, 3.63) is 137 Å². The largest absolute Gasteiger partial charge is 0.494 e. The Kier molecular flexibility index (Phi) is 9.11. The summed E-state index contributed by atoms with van der Waals surface area (Å²) in [6.45, 7) is 0.427. The van der Waals surface area contributed by atoms with Crippen molar-refractivity contribution in [2.24, 2.45) is 4.99 Å². The van der Waals surface area contributed by atoms with Crippen LogP contribution in [0, 0.1) is 0 Å². The van der Waals surface area contributed by atoms with Crippen LogP contribution in [-0.4, -0.2) is 35.7 Å². The van der Waals surface area contributed by atoms with Crippen molar-refractivity contribution in [2.75, 3.05) is 13.2 Å². The fraction of sp³-hybridized carbons (Fsp3) is 0.235. The summed E-state index contributed by atoms with van der Waals surface area (Å²) >= 11 is 0. The van der Waals surface area contributed by atoms with Crippen LogP contribution in [0.25, 0.3) is 0 Å². The van der Waals surface area contributed by atoms with Crippen LogP contribution in [0.3, 0.4) is 0 Å². The predicted octanol–water partition coefficient (Wildman–Crippen LogP) is 6.28. The number of carbonyl (C=O) groups excluding carboxylic acids is 1. The van der Waals surface area contributed by atoms with Crippen LogP contribution in [0.15, 0.2) is 114 Å². The van der Waals surface area contributed by atoms with Gasteiger partial charge in [-0.15, -0.1) is 0 Å². The van der Waals surface area contributed by atoms with Gasteiger partial charge >= 0.3 is 6.18 Å². The van der Waals surface area contributed by atoms with Gasteiger partial charge in [-0.2, -0.15) is 13.2 Å². The lowest BCUT2D eigenvalue weighted by Crippen LogP contribution is -2.49. The fourth-order valence-electron chi connectivity index (χ4n) is 4.96. The molecule has 0 saturated carbocycles. The number of aliphatic hydroxyl groups excluding tert-OH is 1. The number of alkyl halides is 3. The molecule has 4 aromatic carbocycles. The van der Waals surface area contributed by atoms with Crippen molar-refractivity contribution in [1.29, 1.82) is 0 Å². The van der Waals surface area contributed by atoms with Crippen molar-refractivity contribution in [2.45, 2.75) is 37.2 Å². The van der Waals surface area contributed by atoms with E-state index in [2.05, 4.69) is 5.32 Å². The summed E-state index contributed by atoms with van der Waals surface area (Å²) in [7, 11) is 0. The fourth-order valence-corrected chi connectivity index (χ4v) is 4.96. The molecule has 0 unspecified atom stereocenters. The number of benzene rings is 4. The molecule has 0 radical (unpaired) electrons. The van der Waals surface area contributed by atoms with Crippen molar-refractivity contribution in [3.8, 4) is 5.75 Å². The van der Waals surface area contributed by atoms with Gasteiger partial charge < -0.3 is 19.9 Å². The Morgan fingerprint density at radius 3 is 2.16 bits per heavy atom. The minimum Gasteiger partial charge on any atom is -0.494 e. The molecule has 222 valence electrons.